The van der Waals surface area contributed by atoms with Crippen LogP contribution in [0, 0.1) is 11.3 Å². The standard InChI is InChI=1S/C11H10O8/c1-4-2-3-5(7(12)13)6(8(14)15)11(4,9(16)17)10(18)19/h2-3,6H,1H3,(H,12,13)(H,14,15)(H,16,17)(H,18,19). The molecule has 1 unspecified atom stereocenters. The van der Waals surface area contributed by atoms with E-state index in [0.29, 0.717) is 0 Å². The van der Waals surface area contributed by atoms with Gasteiger partial charge >= 0.3 is 23.9 Å². The highest BCUT2D eigenvalue weighted by Crippen LogP contribution is 2.44. The lowest BCUT2D eigenvalue weighted by atomic mass is 9.64. The summed E-state index contributed by atoms with van der Waals surface area (Å²) in [6.07, 6.45) is 1.89. The van der Waals surface area contributed by atoms with Crippen LogP contribution in [0.3, 0.4) is 0 Å². The zero-order valence-electron chi connectivity index (χ0n) is 9.65. The highest BCUT2D eigenvalue weighted by atomic mass is 16.4. The highest BCUT2D eigenvalue weighted by Gasteiger charge is 2.61. The van der Waals surface area contributed by atoms with Crippen LogP contribution in [0.2, 0.25) is 0 Å². The van der Waals surface area contributed by atoms with Gasteiger partial charge in [-0.25, -0.2) is 4.79 Å². The van der Waals surface area contributed by atoms with Crippen molar-refractivity contribution in [3.05, 3.63) is 23.3 Å². The minimum absolute atomic E-state index is 0.259. The molecule has 0 saturated carbocycles. The second kappa shape index (κ2) is 4.56. The van der Waals surface area contributed by atoms with Crippen molar-refractivity contribution in [2.24, 2.45) is 11.3 Å². The SMILES string of the molecule is CC1=CC=C(C(=O)O)C(C(=O)O)C1(C(=O)O)C(=O)O. The number of hydrogen-bond acceptors (Lipinski definition) is 4. The lowest BCUT2D eigenvalue weighted by Gasteiger charge is -2.34. The van der Waals surface area contributed by atoms with Crippen molar-refractivity contribution < 1.29 is 39.6 Å². The number of allylic oxidation sites excluding steroid dienone is 2. The van der Waals surface area contributed by atoms with Gasteiger partial charge in [-0.1, -0.05) is 12.2 Å². The van der Waals surface area contributed by atoms with Gasteiger partial charge in [-0.2, -0.15) is 0 Å². The number of aliphatic carboxylic acids is 4. The zero-order chi connectivity index (χ0) is 15.0. The van der Waals surface area contributed by atoms with Crippen LogP contribution in [-0.4, -0.2) is 44.3 Å². The summed E-state index contributed by atoms with van der Waals surface area (Å²) in [5.41, 5.74) is -3.87. The fourth-order valence-electron chi connectivity index (χ4n) is 2.09. The molecular weight excluding hydrogens is 260 g/mol. The Bertz CT molecular complexity index is 525. The molecule has 1 aliphatic rings. The third-order valence-electron chi connectivity index (χ3n) is 3.05. The molecule has 19 heavy (non-hydrogen) atoms. The molecule has 102 valence electrons. The summed E-state index contributed by atoms with van der Waals surface area (Å²) in [7, 11) is 0. The second-order valence-electron chi connectivity index (χ2n) is 3.97. The fourth-order valence-corrected chi connectivity index (χ4v) is 2.09. The fraction of sp³-hybridized carbons (Fsp3) is 0.273. The monoisotopic (exact) mass is 270 g/mol. The van der Waals surface area contributed by atoms with E-state index < -0.39 is 40.8 Å². The molecule has 0 aromatic rings. The summed E-state index contributed by atoms with van der Waals surface area (Å²) in [6.45, 7) is 1.13. The molecule has 0 heterocycles. The summed E-state index contributed by atoms with van der Waals surface area (Å²) in [5, 5.41) is 36.2. The van der Waals surface area contributed by atoms with Crippen LogP contribution >= 0.6 is 0 Å². The predicted molar refractivity (Wildman–Crippen MR) is 58.3 cm³/mol. The van der Waals surface area contributed by atoms with E-state index in [9.17, 15) is 19.2 Å². The first-order valence-corrected chi connectivity index (χ1v) is 4.99. The second-order valence-corrected chi connectivity index (χ2v) is 3.97. The van der Waals surface area contributed by atoms with E-state index in [1.54, 1.807) is 0 Å². The first-order chi connectivity index (χ1) is 8.67. The van der Waals surface area contributed by atoms with E-state index in [1.165, 1.54) is 0 Å². The average Bonchev–Trinajstić information content (AvgIpc) is 2.26. The highest BCUT2D eigenvalue weighted by molar-refractivity contribution is 6.10. The maximum Gasteiger partial charge on any atom is 0.332 e. The van der Waals surface area contributed by atoms with Crippen molar-refractivity contribution in [2.45, 2.75) is 6.92 Å². The zero-order valence-corrected chi connectivity index (χ0v) is 9.65. The van der Waals surface area contributed by atoms with Gasteiger partial charge in [0.15, 0.2) is 0 Å². The topological polar surface area (TPSA) is 149 Å². The lowest BCUT2D eigenvalue weighted by molar-refractivity contribution is -0.171. The van der Waals surface area contributed by atoms with Gasteiger partial charge in [-0.05, 0) is 12.5 Å². The average molecular weight is 270 g/mol. The van der Waals surface area contributed by atoms with Crippen LogP contribution in [0.5, 0.6) is 0 Å². The summed E-state index contributed by atoms with van der Waals surface area (Å²) in [4.78, 5) is 44.8. The molecule has 8 nitrogen and oxygen atoms in total. The molecule has 4 N–H and O–H groups in total. The van der Waals surface area contributed by atoms with Gasteiger partial charge in [-0.3, -0.25) is 14.4 Å². The van der Waals surface area contributed by atoms with Gasteiger partial charge in [0.05, 0.1) is 5.57 Å². The Morgan fingerprint density at radius 2 is 1.47 bits per heavy atom. The van der Waals surface area contributed by atoms with Crippen molar-refractivity contribution in [3.63, 3.8) is 0 Å². The smallest absolute Gasteiger partial charge is 0.332 e. The van der Waals surface area contributed by atoms with Gasteiger partial charge < -0.3 is 20.4 Å². The molecule has 0 bridgehead atoms. The minimum Gasteiger partial charge on any atom is -0.481 e. The summed E-state index contributed by atoms with van der Waals surface area (Å²) < 4.78 is 0. The molecule has 8 heteroatoms. The third-order valence-corrected chi connectivity index (χ3v) is 3.05. The Kier molecular flexibility index (Phi) is 3.46. The maximum atomic E-state index is 11.3. The maximum absolute atomic E-state index is 11.3. The van der Waals surface area contributed by atoms with Crippen LogP contribution in [0.25, 0.3) is 0 Å². The molecule has 1 aliphatic carbocycles. The van der Waals surface area contributed by atoms with Crippen LogP contribution in [0.15, 0.2) is 23.3 Å². The molecule has 0 saturated heterocycles. The quantitative estimate of drug-likeness (QED) is 0.513. The lowest BCUT2D eigenvalue weighted by Crippen LogP contribution is -2.52. The number of carbonyl (C=O) groups is 4. The van der Waals surface area contributed by atoms with Crippen molar-refractivity contribution in [3.8, 4) is 0 Å². The van der Waals surface area contributed by atoms with Crippen molar-refractivity contribution in [2.75, 3.05) is 0 Å². The Morgan fingerprint density at radius 1 is 1.00 bits per heavy atom. The Hall–Kier alpha value is -2.64. The van der Waals surface area contributed by atoms with Gasteiger partial charge in [-0.15, -0.1) is 0 Å². The van der Waals surface area contributed by atoms with Gasteiger partial charge in [0.2, 0.25) is 5.41 Å². The van der Waals surface area contributed by atoms with E-state index in [-0.39, 0.29) is 5.57 Å². The number of rotatable bonds is 4. The van der Waals surface area contributed by atoms with E-state index in [1.807, 2.05) is 0 Å². The van der Waals surface area contributed by atoms with Crippen LogP contribution < -0.4 is 0 Å². The van der Waals surface area contributed by atoms with E-state index in [2.05, 4.69) is 0 Å². The molecule has 0 spiro atoms. The largest absolute Gasteiger partial charge is 0.481 e. The van der Waals surface area contributed by atoms with Crippen molar-refractivity contribution in [1.29, 1.82) is 0 Å². The van der Waals surface area contributed by atoms with Crippen LogP contribution in [0.4, 0.5) is 0 Å². The van der Waals surface area contributed by atoms with Crippen LogP contribution in [0.1, 0.15) is 6.92 Å². The first kappa shape index (κ1) is 14.4. The Labute approximate surface area is 106 Å². The van der Waals surface area contributed by atoms with Crippen molar-refractivity contribution >= 4 is 23.9 Å². The molecule has 1 rings (SSSR count). The van der Waals surface area contributed by atoms with Crippen molar-refractivity contribution in [1.82, 2.24) is 0 Å². The van der Waals surface area contributed by atoms with E-state index >= 15 is 0 Å². The molecule has 0 aromatic carbocycles. The molecule has 0 fully saturated rings. The summed E-state index contributed by atoms with van der Waals surface area (Å²) in [6, 6.07) is 0. The summed E-state index contributed by atoms with van der Waals surface area (Å²) >= 11 is 0. The van der Waals surface area contributed by atoms with E-state index in [0.717, 1.165) is 19.1 Å². The number of hydrogen-bond donors (Lipinski definition) is 4. The van der Waals surface area contributed by atoms with Gasteiger partial charge in [0.1, 0.15) is 5.92 Å². The van der Waals surface area contributed by atoms with Crippen LogP contribution in [-0.2, 0) is 19.2 Å². The Balaban J connectivity index is 3.69. The predicted octanol–water partition coefficient (Wildman–Crippen LogP) is -0.186. The third kappa shape index (κ3) is 1.86. The number of carboxylic acid groups (broad SMARTS) is 4. The molecule has 0 aromatic heterocycles. The molecular formula is C11H10O8. The minimum atomic E-state index is -2.83. The molecule has 0 radical (unpaired) electrons. The first-order valence-electron chi connectivity index (χ1n) is 4.99. The van der Waals surface area contributed by atoms with E-state index in [4.69, 9.17) is 20.4 Å². The molecule has 1 atom stereocenters. The Morgan fingerprint density at radius 3 is 1.79 bits per heavy atom. The normalized spacial score (nSPS) is 21.0. The van der Waals surface area contributed by atoms with Gasteiger partial charge in [0, 0.05) is 0 Å². The molecule has 0 amide bonds. The summed E-state index contributed by atoms with van der Waals surface area (Å²) in [5.74, 6) is -9.56. The van der Waals surface area contributed by atoms with Gasteiger partial charge in [0.25, 0.3) is 0 Å². The molecule has 0 aliphatic heterocycles. The number of carboxylic acids is 4.